The molecule has 2 nitrogen and oxygen atoms in total. The maximum absolute atomic E-state index is 5.40. The van der Waals surface area contributed by atoms with E-state index in [-0.39, 0.29) is 0 Å². The van der Waals surface area contributed by atoms with Crippen LogP contribution in [0.1, 0.15) is 54.4 Å². The second-order valence-electron chi connectivity index (χ2n) is 4.24. The number of nitrogens with one attached hydrogen (secondary N) is 1. The lowest BCUT2D eigenvalue weighted by atomic mass is 10.2. The summed E-state index contributed by atoms with van der Waals surface area (Å²) in [6, 6.07) is 1.65. The average Bonchev–Trinajstić information content (AvgIpc) is 1.83. The normalized spacial score (nSPS) is 12.7. The van der Waals surface area contributed by atoms with Gasteiger partial charge in [0.05, 0.1) is 0 Å². The molecule has 0 aliphatic carbocycles. The Kier molecular flexibility index (Phi) is 11.8. The highest BCUT2D eigenvalue weighted by Gasteiger charge is 1.92. The standard InChI is InChI=1S/C6H15N.C5H13N/c1-5(2)7-6(3)4;1-3-4-5(2)6/h5-7H,1-4H3;5H,3-4,6H2,1-2H3. The van der Waals surface area contributed by atoms with Gasteiger partial charge in [-0.2, -0.15) is 0 Å². The van der Waals surface area contributed by atoms with Crippen molar-refractivity contribution in [1.82, 2.24) is 5.32 Å². The van der Waals surface area contributed by atoms with E-state index in [0.29, 0.717) is 18.1 Å². The predicted molar refractivity (Wildman–Crippen MR) is 62.0 cm³/mol. The molecule has 0 heterocycles. The van der Waals surface area contributed by atoms with E-state index in [4.69, 9.17) is 5.73 Å². The van der Waals surface area contributed by atoms with Crippen LogP contribution < -0.4 is 11.1 Å². The molecule has 0 amide bonds. The second-order valence-corrected chi connectivity index (χ2v) is 4.24. The van der Waals surface area contributed by atoms with Crippen LogP contribution in [0.2, 0.25) is 0 Å². The highest BCUT2D eigenvalue weighted by Crippen LogP contribution is 1.88. The summed E-state index contributed by atoms with van der Waals surface area (Å²) >= 11 is 0. The molecule has 0 aromatic rings. The van der Waals surface area contributed by atoms with E-state index in [9.17, 15) is 0 Å². The summed E-state index contributed by atoms with van der Waals surface area (Å²) in [5.74, 6) is 0. The topological polar surface area (TPSA) is 38.0 Å². The number of rotatable bonds is 4. The molecule has 0 aliphatic rings. The van der Waals surface area contributed by atoms with Crippen molar-refractivity contribution in [3.05, 3.63) is 0 Å². The van der Waals surface area contributed by atoms with Gasteiger partial charge in [-0.1, -0.05) is 41.0 Å². The predicted octanol–water partition coefficient (Wildman–Crippen LogP) is 2.53. The van der Waals surface area contributed by atoms with Crippen molar-refractivity contribution in [1.29, 1.82) is 0 Å². The number of hydrogen-bond donors (Lipinski definition) is 2. The largest absolute Gasteiger partial charge is 0.328 e. The Balaban J connectivity index is 0. The van der Waals surface area contributed by atoms with Gasteiger partial charge in [0.2, 0.25) is 0 Å². The molecule has 0 aromatic carbocycles. The Bertz CT molecular complexity index is 82.1. The van der Waals surface area contributed by atoms with Crippen LogP contribution in [-0.4, -0.2) is 18.1 Å². The molecule has 0 spiro atoms. The molecular formula is C11H28N2. The quantitative estimate of drug-likeness (QED) is 0.711. The van der Waals surface area contributed by atoms with Crippen molar-refractivity contribution in [2.24, 2.45) is 5.73 Å². The lowest BCUT2D eigenvalue weighted by Crippen LogP contribution is -2.29. The smallest absolute Gasteiger partial charge is 0.00127 e. The van der Waals surface area contributed by atoms with Gasteiger partial charge in [0.25, 0.3) is 0 Å². The zero-order valence-corrected chi connectivity index (χ0v) is 10.2. The lowest BCUT2D eigenvalue weighted by Gasteiger charge is -2.10. The maximum atomic E-state index is 5.40. The van der Waals surface area contributed by atoms with Crippen molar-refractivity contribution in [2.75, 3.05) is 0 Å². The van der Waals surface area contributed by atoms with E-state index in [0.717, 1.165) is 6.42 Å². The Morgan fingerprint density at radius 2 is 1.38 bits per heavy atom. The van der Waals surface area contributed by atoms with E-state index in [1.54, 1.807) is 0 Å². The van der Waals surface area contributed by atoms with Crippen LogP contribution in [0.5, 0.6) is 0 Å². The molecule has 0 radical (unpaired) electrons. The first-order chi connectivity index (χ1) is 5.90. The molecule has 0 fully saturated rings. The molecule has 0 saturated heterocycles. The zero-order valence-electron chi connectivity index (χ0n) is 10.2. The first-order valence-electron chi connectivity index (χ1n) is 5.41. The minimum atomic E-state index is 0.398. The second kappa shape index (κ2) is 10.0. The molecule has 82 valence electrons. The van der Waals surface area contributed by atoms with Gasteiger partial charge in [0, 0.05) is 18.1 Å². The minimum absolute atomic E-state index is 0.398. The Labute approximate surface area is 84.3 Å². The highest BCUT2D eigenvalue weighted by atomic mass is 14.9. The van der Waals surface area contributed by atoms with Crippen molar-refractivity contribution >= 4 is 0 Å². The van der Waals surface area contributed by atoms with Crippen LogP contribution in [0.3, 0.4) is 0 Å². The van der Waals surface area contributed by atoms with E-state index in [1.807, 2.05) is 6.92 Å². The van der Waals surface area contributed by atoms with Crippen molar-refractivity contribution in [2.45, 2.75) is 72.5 Å². The fourth-order valence-electron chi connectivity index (χ4n) is 1.12. The summed E-state index contributed by atoms with van der Waals surface area (Å²) in [7, 11) is 0. The first-order valence-corrected chi connectivity index (χ1v) is 5.41. The summed E-state index contributed by atoms with van der Waals surface area (Å²) in [6.07, 6.45) is 2.36. The third kappa shape index (κ3) is 24.5. The third-order valence-corrected chi connectivity index (χ3v) is 1.41. The molecule has 0 aromatic heterocycles. The van der Waals surface area contributed by atoms with Gasteiger partial charge < -0.3 is 11.1 Å². The minimum Gasteiger partial charge on any atom is -0.328 e. The van der Waals surface area contributed by atoms with E-state index < -0.39 is 0 Å². The fraction of sp³-hybridized carbons (Fsp3) is 1.00. The van der Waals surface area contributed by atoms with Gasteiger partial charge in [-0.05, 0) is 13.3 Å². The van der Waals surface area contributed by atoms with Gasteiger partial charge >= 0.3 is 0 Å². The first kappa shape index (κ1) is 15.4. The Morgan fingerprint density at radius 1 is 1.00 bits per heavy atom. The van der Waals surface area contributed by atoms with Crippen molar-refractivity contribution < 1.29 is 0 Å². The SMILES string of the molecule is CC(C)NC(C)C.CCCC(C)N. The molecule has 0 rings (SSSR count). The fourth-order valence-corrected chi connectivity index (χ4v) is 1.12. The van der Waals surface area contributed by atoms with Crippen LogP contribution in [0.4, 0.5) is 0 Å². The van der Waals surface area contributed by atoms with Crippen LogP contribution >= 0.6 is 0 Å². The summed E-state index contributed by atoms with van der Waals surface area (Å²) in [6.45, 7) is 12.8. The molecule has 0 saturated carbocycles. The molecule has 13 heavy (non-hydrogen) atoms. The molecule has 0 bridgehead atoms. The van der Waals surface area contributed by atoms with Crippen LogP contribution in [-0.2, 0) is 0 Å². The highest BCUT2D eigenvalue weighted by molar-refractivity contribution is 4.55. The Hall–Kier alpha value is -0.0800. The maximum Gasteiger partial charge on any atom is 0.00127 e. The monoisotopic (exact) mass is 188 g/mol. The van der Waals surface area contributed by atoms with E-state index in [1.165, 1.54) is 6.42 Å². The molecule has 1 atom stereocenters. The van der Waals surface area contributed by atoms with E-state index in [2.05, 4.69) is 39.9 Å². The number of hydrogen-bond acceptors (Lipinski definition) is 2. The Morgan fingerprint density at radius 3 is 1.38 bits per heavy atom. The summed E-state index contributed by atoms with van der Waals surface area (Å²) < 4.78 is 0. The summed E-state index contributed by atoms with van der Waals surface area (Å²) in [4.78, 5) is 0. The van der Waals surface area contributed by atoms with Crippen molar-refractivity contribution in [3.63, 3.8) is 0 Å². The number of nitrogens with two attached hydrogens (primary N) is 1. The van der Waals surface area contributed by atoms with Crippen LogP contribution in [0, 0.1) is 0 Å². The molecule has 2 heteroatoms. The summed E-state index contributed by atoms with van der Waals surface area (Å²) in [5.41, 5.74) is 5.40. The van der Waals surface area contributed by atoms with Crippen LogP contribution in [0.15, 0.2) is 0 Å². The lowest BCUT2D eigenvalue weighted by molar-refractivity contribution is 0.518. The third-order valence-electron chi connectivity index (χ3n) is 1.41. The van der Waals surface area contributed by atoms with Gasteiger partial charge in [-0.3, -0.25) is 0 Å². The van der Waals surface area contributed by atoms with Gasteiger partial charge in [-0.25, -0.2) is 0 Å². The average molecular weight is 188 g/mol. The molecular weight excluding hydrogens is 160 g/mol. The molecule has 0 aliphatic heterocycles. The molecule has 3 N–H and O–H groups in total. The summed E-state index contributed by atoms with van der Waals surface area (Å²) in [5, 5.41) is 3.31. The molecule has 1 unspecified atom stereocenters. The van der Waals surface area contributed by atoms with Gasteiger partial charge in [-0.15, -0.1) is 0 Å². The van der Waals surface area contributed by atoms with E-state index >= 15 is 0 Å². The van der Waals surface area contributed by atoms with Gasteiger partial charge in [0.1, 0.15) is 0 Å². The van der Waals surface area contributed by atoms with Gasteiger partial charge in [0.15, 0.2) is 0 Å². The zero-order chi connectivity index (χ0) is 10.9. The van der Waals surface area contributed by atoms with Crippen LogP contribution in [0.25, 0.3) is 0 Å². The van der Waals surface area contributed by atoms with Crippen molar-refractivity contribution in [3.8, 4) is 0 Å².